The highest BCUT2D eigenvalue weighted by atomic mass is 32.2. The molecule has 9 heteroatoms. The van der Waals surface area contributed by atoms with E-state index in [1.54, 1.807) is 0 Å². The molecule has 2 atom stereocenters. The van der Waals surface area contributed by atoms with Crippen LogP contribution >= 0.6 is 34.9 Å². The van der Waals surface area contributed by atoms with Gasteiger partial charge in [0, 0.05) is 36.7 Å². The number of hydrogen-bond donors (Lipinski definition) is 0. The highest BCUT2D eigenvalue weighted by Gasteiger charge is 2.31. The summed E-state index contributed by atoms with van der Waals surface area (Å²) in [6.45, 7) is 3.63. The first kappa shape index (κ1) is 20.1. The number of nitro groups is 1. The van der Waals surface area contributed by atoms with Crippen LogP contribution in [0.3, 0.4) is 0 Å². The minimum atomic E-state index is -0.237. The fourth-order valence-electron chi connectivity index (χ4n) is 3.71. The van der Waals surface area contributed by atoms with Crippen molar-refractivity contribution in [2.75, 3.05) is 48.5 Å². The van der Waals surface area contributed by atoms with E-state index >= 15 is 0 Å². The summed E-state index contributed by atoms with van der Waals surface area (Å²) in [5, 5.41) is 13.9. The molecule has 1 aromatic heterocycles. The molecule has 0 N–H and O–H groups in total. The Morgan fingerprint density at radius 3 is 2.19 bits per heavy atom. The normalized spacial score (nSPS) is 25.0. The van der Waals surface area contributed by atoms with Gasteiger partial charge in [-0.15, -0.1) is 0 Å². The number of nitrogens with zero attached hydrogens (tertiary/aromatic N) is 4. The van der Waals surface area contributed by atoms with Gasteiger partial charge in [-0.2, -0.15) is 28.5 Å². The summed E-state index contributed by atoms with van der Waals surface area (Å²) in [5.41, 5.74) is 0. The largest absolute Gasteiger partial charge is 0.369 e. The number of rotatable bonds is 5. The molecule has 2 saturated heterocycles. The molecule has 3 rings (SSSR count). The quantitative estimate of drug-likeness (QED) is 0.517. The molecule has 2 aliphatic rings. The van der Waals surface area contributed by atoms with Crippen molar-refractivity contribution in [1.82, 2.24) is 4.98 Å². The third kappa shape index (κ3) is 4.78. The maximum atomic E-state index is 11.7. The van der Waals surface area contributed by atoms with Gasteiger partial charge < -0.3 is 9.80 Å². The molecular weight excluding hydrogens is 388 g/mol. The molecule has 2 fully saturated rings. The van der Waals surface area contributed by atoms with E-state index in [9.17, 15) is 10.1 Å². The number of thiazole rings is 1. The summed E-state index contributed by atoms with van der Waals surface area (Å²) in [6.07, 6.45) is 11.3. The lowest BCUT2D eigenvalue weighted by Gasteiger charge is -2.24. The molecule has 0 spiro atoms. The molecule has 2 unspecified atom stereocenters. The molecule has 0 aliphatic carbocycles. The highest BCUT2D eigenvalue weighted by Crippen LogP contribution is 2.41. The van der Waals surface area contributed by atoms with Crippen LogP contribution in [0.5, 0.6) is 0 Å². The van der Waals surface area contributed by atoms with Gasteiger partial charge in [0.05, 0.1) is 4.92 Å². The lowest BCUT2D eigenvalue weighted by molar-refractivity contribution is -0.379. The number of aromatic nitrogens is 1. The molecule has 0 radical (unpaired) electrons. The van der Waals surface area contributed by atoms with Crippen LogP contribution in [0, 0.1) is 10.1 Å². The Morgan fingerprint density at radius 1 is 1.04 bits per heavy atom. The standard InChI is InChI=1S/C17H28N4O2S3/c1-24-13-7-3-5-9-19(11-13)15-16(21(22)23)26-17(18-15)20-10-6-4-8-14(12-20)25-2/h13-14H,3-12H2,1-2H3. The number of anilines is 2. The van der Waals surface area contributed by atoms with Crippen molar-refractivity contribution in [3.05, 3.63) is 10.1 Å². The van der Waals surface area contributed by atoms with Crippen LogP contribution in [0.15, 0.2) is 0 Å². The van der Waals surface area contributed by atoms with Gasteiger partial charge in [0.25, 0.3) is 0 Å². The minimum Gasteiger partial charge on any atom is -0.349 e. The topological polar surface area (TPSA) is 62.5 Å². The van der Waals surface area contributed by atoms with E-state index in [-0.39, 0.29) is 9.92 Å². The molecule has 146 valence electrons. The van der Waals surface area contributed by atoms with Crippen molar-refractivity contribution >= 4 is 50.8 Å². The molecule has 2 aliphatic heterocycles. The predicted octanol–water partition coefficient (Wildman–Crippen LogP) is 4.50. The van der Waals surface area contributed by atoms with Gasteiger partial charge in [-0.1, -0.05) is 12.8 Å². The first-order chi connectivity index (χ1) is 12.6. The second kappa shape index (κ2) is 9.50. The highest BCUT2D eigenvalue weighted by molar-refractivity contribution is 7.99. The smallest absolute Gasteiger partial charge is 0.349 e. The molecular formula is C17H28N4O2S3. The summed E-state index contributed by atoms with van der Waals surface area (Å²) >= 11 is 5.02. The number of thioether (sulfide) groups is 2. The maximum Gasteiger partial charge on any atom is 0.369 e. The van der Waals surface area contributed by atoms with Crippen LogP contribution in [0.1, 0.15) is 38.5 Å². The van der Waals surface area contributed by atoms with Crippen molar-refractivity contribution in [3.8, 4) is 0 Å². The van der Waals surface area contributed by atoms with Gasteiger partial charge in [-0.25, -0.2) is 0 Å². The maximum absolute atomic E-state index is 11.7. The lowest BCUT2D eigenvalue weighted by atomic mass is 10.2. The van der Waals surface area contributed by atoms with Crippen molar-refractivity contribution in [3.63, 3.8) is 0 Å². The summed E-state index contributed by atoms with van der Waals surface area (Å²) in [5.74, 6) is 0.598. The zero-order valence-corrected chi connectivity index (χ0v) is 18.0. The van der Waals surface area contributed by atoms with Gasteiger partial charge in [-0.3, -0.25) is 10.1 Å². The average Bonchev–Trinajstić information content (AvgIpc) is 2.82. The predicted molar refractivity (Wildman–Crippen MR) is 116 cm³/mol. The molecule has 0 aromatic carbocycles. The molecule has 0 saturated carbocycles. The van der Waals surface area contributed by atoms with E-state index in [1.165, 1.54) is 37.0 Å². The van der Waals surface area contributed by atoms with E-state index in [0.29, 0.717) is 16.3 Å². The Kier molecular flexibility index (Phi) is 7.34. The SMILES string of the molecule is CSC1CCCCN(c2nc(N3CCCCC(SC)C3)c([N+](=O)[O-])s2)C1. The van der Waals surface area contributed by atoms with E-state index in [1.807, 2.05) is 23.5 Å². The second-order valence-electron chi connectivity index (χ2n) is 6.98. The van der Waals surface area contributed by atoms with Gasteiger partial charge in [-0.05, 0) is 49.5 Å². The first-order valence-electron chi connectivity index (χ1n) is 9.33. The Balaban J connectivity index is 1.86. The third-order valence-corrected chi connectivity index (χ3v) is 8.40. The van der Waals surface area contributed by atoms with Crippen LogP contribution in [-0.2, 0) is 0 Å². The van der Waals surface area contributed by atoms with Crippen molar-refractivity contribution in [1.29, 1.82) is 0 Å². The van der Waals surface area contributed by atoms with Crippen molar-refractivity contribution in [2.45, 2.75) is 49.0 Å². The van der Waals surface area contributed by atoms with Gasteiger partial charge in [0.15, 0.2) is 5.13 Å². The van der Waals surface area contributed by atoms with E-state index in [4.69, 9.17) is 4.98 Å². The van der Waals surface area contributed by atoms with Crippen LogP contribution < -0.4 is 9.80 Å². The first-order valence-corrected chi connectivity index (χ1v) is 12.7. The second-order valence-corrected chi connectivity index (χ2v) is 10.2. The van der Waals surface area contributed by atoms with Gasteiger partial charge in [0.2, 0.25) is 5.82 Å². The van der Waals surface area contributed by atoms with Crippen LogP contribution in [0.4, 0.5) is 16.0 Å². The molecule has 0 amide bonds. The lowest BCUT2D eigenvalue weighted by Crippen LogP contribution is -2.31. The molecule has 6 nitrogen and oxygen atoms in total. The van der Waals surface area contributed by atoms with Crippen molar-refractivity contribution in [2.24, 2.45) is 0 Å². The fraction of sp³-hybridized carbons (Fsp3) is 0.824. The average molecular weight is 417 g/mol. The molecule has 1 aromatic rings. The number of hydrogen-bond acceptors (Lipinski definition) is 8. The minimum absolute atomic E-state index is 0.215. The summed E-state index contributed by atoms with van der Waals surface area (Å²) in [7, 11) is 0. The van der Waals surface area contributed by atoms with Gasteiger partial charge in [0.1, 0.15) is 0 Å². The summed E-state index contributed by atoms with van der Waals surface area (Å²) in [6, 6.07) is 0. The summed E-state index contributed by atoms with van der Waals surface area (Å²) < 4.78 is 0. The van der Waals surface area contributed by atoms with Crippen molar-refractivity contribution < 1.29 is 4.92 Å². The monoisotopic (exact) mass is 416 g/mol. The fourth-order valence-corrected chi connectivity index (χ4v) is 6.11. The third-order valence-electron chi connectivity index (χ3n) is 5.24. The van der Waals surface area contributed by atoms with Crippen LogP contribution in [0.2, 0.25) is 0 Å². The Hall–Kier alpha value is -0.670. The molecule has 26 heavy (non-hydrogen) atoms. The zero-order chi connectivity index (χ0) is 18.5. The molecule has 0 bridgehead atoms. The Labute approximate surface area is 168 Å². The zero-order valence-electron chi connectivity index (χ0n) is 15.6. The Bertz CT molecular complexity index is 613. The van der Waals surface area contributed by atoms with E-state index in [0.717, 1.165) is 44.2 Å². The molecule has 3 heterocycles. The summed E-state index contributed by atoms with van der Waals surface area (Å²) in [4.78, 5) is 20.7. The van der Waals surface area contributed by atoms with E-state index in [2.05, 4.69) is 22.3 Å². The van der Waals surface area contributed by atoms with Crippen LogP contribution in [0.25, 0.3) is 0 Å². The van der Waals surface area contributed by atoms with E-state index < -0.39 is 0 Å². The Morgan fingerprint density at radius 2 is 1.62 bits per heavy atom. The van der Waals surface area contributed by atoms with Gasteiger partial charge >= 0.3 is 5.00 Å². The van der Waals surface area contributed by atoms with Crippen LogP contribution in [-0.4, -0.2) is 59.1 Å².